The lowest BCUT2D eigenvalue weighted by Gasteiger charge is -2.30. The van der Waals surface area contributed by atoms with Gasteiger partial charge in [-0.2, -0.15) is 4.98 Å². The Labute approximate surface area is 166 Å². The molecule has 1 aliphatic heterocycles. The van der Waals surface area contributed by atoms with Crippen molar-refractivity contribution in [3.05, 3.63) is 42.2 Å². The van der Waals surface area contributed by atoms with E-state index in [-0.39, 0.29) is 0 Å². The number of benzene rings is 1. The Morgan fingerprint density at radius 2 is 2.04 bits per heavy atom. The molecule has 3 aromatic rings. The number of nitrogens with one attached hydrogen (secondary N) is 2. The van der Waals surface area contributed by atoms with Crippen LogP contribution in [0.4, 0.5) is 23.3 Å². The van der Waals surface area contributed by atoms with E-state index < -0.39 is 0 Å². The van der Waals surface area contributed by atoms with Gasteiger partial charge in [-0.25, -0.2) is 9.97 Å². The number of rotatable bonds is 5. The standard InChI is InChI=1S/C22H28N6/c1-4-16-7-8-19(23-3)18-13-25-21(12-17(16)18)26-20-9-10-24-22(27-20)28-11-5-6-15(2)14-28/h7-10,12-13,15,23H,4-6,11,14H2,1-3H3,(H,24,25,26,27). The molecule has 6 heteroatoms. The van der Waals surface area contributed by atoms with Crippen molar-refractivity contribution >= 4 is 34.0 Å². The van der Waals surface area contributed by atoms with Crippen molar-refractivity contribution in [3.63, 3.8) is 0 Å². The van der Waals surface area contributed by atoms with Crippen LogP contribution in [0.1, 0.15) is 32.3 Å². The zero-order valence-corrected chi connectivity index (χ0v) is 16.9. The lowest BCUT2D eigenvalue weighted by Crippen LogP contribution is -2.35. The number of hydrogen-bond donors (Lipinski definition) is 2. The molecule has 0 bridgehead atoms. The lowest BCUT2D eigenvalue weighted by molar-refractivity contribution is 0.442. The second-order valence-corrected chi connectivity index (χ2v) is 7.55. The number of pyridine rings is 1. The number of aromatic nitrogens is 3. The van der Waals surface area contributed by atoms with E-state index in [0.717, 1.165) is 48.2 Å². The Morgan fingerprint density at radius 3 is 2.82 bits per heavy atom. The lowest BCUT2D eigenvalue weighted by atomic mass is 10.0. The fourth-order valence-electron chi connectivity index (χ4n) is 3.97. The molecule has 1 aromatic carbocycles. The summed E-state index contributed by atoms with van der Waals surface area (Å²) in [5.74, 6) is 3.05. The van der Waals surface area contributed by atoms with Crippen LogP contribution >= 0.6 is 0 Å². The zero-order valence-electron chi connectivity index (χ0n) is 16.9. The smallest absolute Gasteiger partial charge is 0.227 e. The van der Waals surface area contributed by atoms with Crippen molar-refractivity contribution in [1.82, 2.24) is 15.0 Å². The third-order valence-corrected chi connectivity index (χ3v) is 5.48. The van der Waals surface area contributed by atoms with Gasteiger partial charge in [-0.1, -0.05) is 19.9 Å². The van der Waals surface area contributed by atoms with E-state index in [1.165, 1.54) is 23.8 Å². The zero-order chi connectivity index (χ0) is 19.5. The second kappa shape index (κ2) is 8.00. The molecule has 3 heterocycles. The maximum atomic E-state index is 4.73. The molecular weight excluding hydrogens is 348 g/mol. The highest BCUT2D eigenvalue weighted by Gasteiger charge is 2.18. The van der Waals surface area contributed by atoms with Crippen LogP contribution in [0.15, 0.2) is 36.7 Å². The normalized spacial score (nSPS) is 17.0. The van der Waals surface area contributed by atoms with Crippen LogP contribution in [-0.2, 0) is 6.42 Å². The summed E-state index contributed by atoms with van der Waals surface area (Å²) in [4.78, 5) is 16.1. The van der Waals surface area contributed by atoms with Gasteiger partial charge in [-0.05, 0) is 54.3 Å². The first-order valence-electron chi connectivity index (χ1n) is 10.1. The van der Waals surface area contributed by atoms with E-state index in [0.29, 0.717) is 5.92 Å². The van der Waals surface area contributed by atoms with Gasteiger partial charge in [0, 0.05) is 43.6 Å². The van der Waals surface area contributed by atoms with Gasteiger partial charge in [0.25, 0.3) is 0 Å². The van der Waals surface area contributed by atoms with Gasteiger partial charge >= 0.3 is 0 Å². The molecule has 1 aliphatic rings. The summed E-state index contributed by atoms with van der Waals surface area (Å²) >= 11 is 0. The van der Waals surface area contributed by atoms with Gasteiger partial charge < -0.3 is 15.5 Å². The SMILES string of the molecule is CCc1ccc(NC)c2cnc(Nc3ccnc(N4CCCC(C)C4)n3)cc12. The average Bonchev–Trinajstić information content (AvgIpc) is 2.73. The molecule has 6 nitrogen and oxygen atoms in total. The molecular formula is C22H28N6. The Bertz CT molecular complexity index is 970. The van der Waals surface area contributed by atoms with Gasteiger partial charge in [-0.3, -0.25) is 0 Å². The number of nitrogens with zero attached hydrogens (tertiary/aromatic N) is 4. The van der Waals surface area contributed by atoms with Crippen molar-refractivity contribution in [3.8, 4) is 0 Å². The maximum absolute atomic E-state index is 4.73. The molecule has 1 saturated heterocycles. The minimum Gasteiger partial charge on any atom is -0.388 e. The molecule has 28 heavy (non-hydrogen) atoms. The third-order valence-electron chi connectivity index (χ3n) is 5.48. The van der Waals surface area contributed by atoms with Crippen LogP contribution in [0, 0.1) is 5.92 Å². The van der Waals surface area contributed by atoms with Crippen LogP contribution in [0.5, 0.6) is 0 Å². The van der Waals surface area contributed by atoms with Crippen molar-refractivity contribution in [2.45, 2.75) is 33.1 Å². The summed E-state index contributed by atoms with van der Waals surface area (Å²) in [5.41, 5.74) is 2.40. The molecule has 0 aliphatic carbocycles. The predicted octanol–water partition coefficient (Wildman–Crippen LogP) is 4.61. The molecule has 0 radical (unpaired) electrons. The highest BCUT2D eigenvalue weighted by molar-refractivity contribution is 5.97. The number of anilines is 4. The van der Waals surface area contributed by atoms with Crippen LogP contribution in [0.2, 0.25) is 0 Å². The van der Waals surface area contributed by atoms with Crippen molar-refractivity contribution in [2.75, 3.05) is 35.7 Å². The van der Waals surface area contributed by atoms with Gasteiger partial charge in [0.2, 0.25) is 5.95 Å². The fraction of sp³-hybridized carbons (Fsp3) is 0.409. The summed E-state index contributed by atoms with van der Waals surface area (Å²) in [6.07, 6.45) is 7.21. The van der Waals surface area contributed by atoms with E-state index >= 15 is 0 Å². The molecule has 4 rings (SSSR count). The summed E-state index contributed by atoms with van der Waals surface area (Å²) in [5, 5.41) is 8.97. The average molecular weight is 377 g/mol. The summed E-state index contributed by atoms with van der Waals surface area (Å²) in [7, 11) is 1.94. The second-order valence-electron chi connectivity index (χ2n) is 7.55. The predicted molar refractivity (Wildman–Crippen MR) is 117 cm³/mol. The van der Waals surface area contributed by atoms with E-state index in [9.17, 15) is 0 Å². The van der Waals surface area contributed by atoms with E-state index in [1.807, 2.05) is 25.5 Å². The maximum Gasteiger partial charge on any atom is 0.227 e. The number of piperidine rings is 1. The highest BCUT2D eigenvalue weighted by Crippen LogP contribution is 2.29. The van der Waals surface area contributed by atoms with Gasteiger partial charge in [0.15, 0.2) is 0 Å². The molecule has 0 amide bonds. The Morgan fingerprint density at radius 1 is 1.14 bits per heavy atom. The van der Waals surface area contributed by atoms with E-state index in [4.69, 9.17) is 4.98 Å². The van der Waals surface area contributed by atoms with Gasteiger partial charge in [0.05, 0.1) is 0 Å². The van der Waals surface area contributed by atoms with Crippen LogP contribution < -0.4 is 15.5 Å². The number of aryl methyl sites for hydroxylation is 1. The highest BCUT2D eigenvalue weighted by atomic mass is 15.3. The van der Waals surface area contributed by atoms with Crippen LogP contribution in [0.25, 0.3) is 10.8 Å². The molecule has 1 unspecified atom stereocenters. The Balaban J connectivity index is 1.62. The summed E-state index contributed by atoms with van der Waals surface area (Å²) in [6.45, 7) is 6.51. The third kappa shape index (κ3) is 3.72. The first-order chi connectivity index (χ1) is 13.7. The Kier molecular flexibility index (Phi) is 5.28. The first kappa shape index (κ1) is 18.5. The minimum absolute atomic E-state index is 0.685. The summed E-state index contributed by atoms with van der Waals surface area (Å²) < 4.78 is 0. The van der Waals surface area contributed by atoms with E-state index in [2.05, 4.69) is 57.5 Å². The van der Waals surface area contributed by atoms with Crippen LogP contribution in [0.3, 0.4) is 0 Å². The molecule has 0 spiro atoms. The van der Waals surface area contributed by atoms with Crippen molar-refractivity contribution in [1.29, 1.82) is 0 Å². The molecule has 2 aromatic heterocycles. The summed E-state index contributed by atoms with van der Waals surface area (Å²) in [6, 6.07) is 8.30. The Hall–Kier alpha value is -2.89. The van der Waals surface area contributed by atoms with Crippen molar-refractivity contribution < 1.29 is 0 Å². The molecule has 146 valence electrons. The molecule has 2 N–H and O–H groups in total. The van der Waals surface area contributed by atoms with E-state index in [1.54, 1.807) is 0 Å². The van der Waals surface area contributed by atoms with Gasteiger partial charge in [-0.15, -0.1) is 0 Å². The molecule has 1 fully saturated rings. The van der Waals surface area contributed by atoms with Crippen LogP contribution in [-0.4, -0.2) is 35.1 Å². The quantitative estimate of drug-likeness (QED) is 0.678. The van der Waals surface area contributed by atoms with Gasteiger partial charge in [0.1, 0.15) is 11.6 Å². The fourth-order valence-corrected chi connectivity index (χ4v) is 3.97. The van der Waals surface area contributed by atoms with Crippen molar-refractivity contribution in [2.24, 2.45) is 5.92 Å². The number of fused-ring (bicyclic) bond motifs is 1. The number of hydrogen-bond acceptors (Lipinski definition) is 6. The molecule has 0 saturated carbocycles. The first-order valence-corrected chi connectivity index (χ1v) is 10.1. The minimum atomic E-state index is 0.685. The largest absolute Gasteiger partial charge is 0.388 e. The topological polar surface area (TPSA) is 66.0 Å². The molecule has 1 atom stereocenters. The monoisotopic (exact) mass is 376 g/mol.